The Labute approximate surface area is 170 Å². The number of hydrogen-bond donors (Lipinski definition) is 0. The summed E-state index contributed by atoms with van der Waals surface area (Å²) in [4.78, 5) is 0. The van der Waals surface area contributed by atoms with Crippen molar-refractivity contribution in [3.8, 4) is 12.3 Å². The van der Waals surface area contributed by atoms with Gasteiger partial charge in [-0.25, -0.2) is 0 Å². The molecule has 3 aromatic rings. The standard InChI is InChI=1S/C24H24IP/c1-2-3-4-14-21-26(25,22-15-8-5-9-16-22,23-17-10-6-11-18-23)24-19-12-7-13-20-24/h1,5-13,15-20H,3-4,14,21H2. The summed E-state index contributed by atoms with van der Waals surface area (Å²) in [5.74, 6) is 2.80. The van der Waals surface area contributed by atoms with Crippen molar-refractivity contribution in [2.24, 2.45) is 0 Å². The van der Waals surface area contributed by atoms with Crippen LogP contribution in [0.4, 0.5) is 0 Å². The van der Waals surface area contributed by atoms with Gasteiger partial charge >= 0.3 is 171 Å². The molecule has 0 atom stereocenters. The molecule has 0 aliphatic heterocycles. The van der Waals surface area contributed by atoms with E-state index < -0.39 is 4.25 Å². The van der Waals surface area contributed by atoms with Crippen LogP contribution >= 0.6 is 26.3 Å². The van der Waals surface area contributed by atoms with Crippen LogP contribution in [-0.2, 0) is 0 Å². The first-order valence-electron chi connectivity index (χ1n) is 9.03. The summed E-state index contributed by atoms with van der Waals surface area (Å²) in [6.07, 6.45) is 9.68. The molecule has 0 aliphatic carbocycles. The van der Waals surface area contributed by atoms with E-state index >= 15 is 0 Å². The summed E-state index contributed by atoms with van der Waals surface area (Å²) in [6.45, 7) is 0. The molecule has 0 fully saturated rings. The molecular formula is C24H24IP. The van der Waals surface area contributed by atoms with E-state index in [1.165, 1.54) is 15.9 Å². The predicted octanol–water partition coefficient (Wildman–Crippen LogP) is 5.67. The van der Waals surface area contributed by atoms with Gasteiger partial charge in [0.25, 0.3) is 0 Å². The first-order chi connectivity index (χ1) is 12.7. The first-order valence-corrected chi connectivity index (χ1v) is 14.2. The molecule has 0 heterocycles. The van der Waals surface area contributed by atoms with E-state index in [4.69, 9.17) is 6.42 Å². The molecule has 0 saturated heterocycles. The predicted molar refractivity (Wildman–Crippen MR) is 127 cm³/mol. The van der Waals surface area contributed by atoms with Crippen molar-refractivity contribution in [1.82, 2.24) is 0 Å². The van der Waals surface area contributed by atoms with Crippen molar-refractivity contribution in [2.75, 3.05) is 6.16 Å². The zero-order chi connectivity index (χ0) is 18.3. The molecule has 3 aromatic carbocycles. The fraction of sp³-hybridized carbons (Fsp3) is 0.167. The van der Waals surface area contributed by atoms with Gasteiger partial charge in [-0.3, -0.25) is 0 Å². The molecule has 132 valence electrons. The van der Waals surface area contributed by atoms with Crippen LogP contribution in [0, 0.1) is 12.3 Å². The monoisotopic (exact) mass is 470 g/mol. The van der Waals surface area contributed by atoms with Crippen molar-refractivity contribution >= 4 is 42.2 Å². The normalized spacial score (nSPS) is 12.7. The second-order valence-electron chi connectivity index (χ2n) is 6.57. The molecule has 0 spiro atoms. The Hall–Kier alpha value is -1.62. The summed E-state index contributed by atoms with van der Waals surface area (Å²) in [5.41, 5.74) is 0. The van der Waals surface area contributed by atoms with E-state index in [2.05, 4.69) is 119 Å². The third kappa shape index (κ3) is 3.46. The topological polar surface area (TPSA) is 0 Å². The summed E-state index contributed by atoms with van der Waals surface area (Å²) in [6, 6.07) is 33.2. The van der Waals surface area contributed by atoms with Crippen LogP contribution < -0.4 is 15.9 Å². The van der Waals surface area contributed by atoms with Crippen LogP contribution in [-0.4, -0.2) is 6.16 Å². The Morgan fingerprint density at radius 1 is 0.654 bits per heavy atom. The Kier molecular flexibility index (Phi) is 6.17. The van der Waals surface area contributed by atoms with Gasteiger partial charge < -0.3 is 0 Å². The zero-order valence-corrected chi connectivity index (χ0v) is 17.9. The minimum atomic E-state index is -2.58. The van der Waals surface area contributed by atoms with E-state index in [1.807, 2.05) is 0 Å². The van der Waals surface area contributed by atoms with Gasteiger partial charge in [0, 0.05) is 0 Å². The van der Waals surface area contributed by atoms with Crippen molar-refractivity contribution in [2.45, 2.75) is 19.3 Å². The van der Waals surface area contributed by atoms with Crippen molar-refractivity contribution in [3.63, 3.8) is 0 Å². The molecule has 0 nitrogen and oxygen atoms in total. The molecule has 26 heavy (non-hydrogen) atoms. The van der Waals surface area contributed by atoms with Crippen LogP contribution in [0.1, 0.15) is 19.3 Å². The van der Waals surface area contributed by atoms with Crippen LogP contribution in [0.25, 0.3) is 0 Å². The number of terminal acetylenes is 1. The summed E-state index contributed by atoms with van der Waals surface area (Å²) < 4.78 is -2.58. The second-order valence-corrected chi connectivity index (χ2v) is 17.3. The molecular weight excluding hydrogens is 446 g/mol. The maximum absolute atomic E-state index is 5.50. The molecule has 0 amide bonds. The van der Waals surface area contributed by atoms with Crippen LogP contribution in [0.5, 0.6) is 0 Å². The molecule has 0 aliphatic rings. The Morgan fingerprint density at radius 3 is 1.38 bits per heavy atom. The van der Waals surface area contributed by atoms with Gasteiger partial charge in [-0.1, -0.05) is 0 Å². The van der Waals surface area contributed by atoms with Gasteiger partial charge in [0.15, 0.2) is 0 Å². The van der Waals surface area contributed by atoms with E-state index in [1.54, 1.807) is 0 Å². The Balaban J connectivity index is 2.26. The molecule has 0 bridgehead atoms. The Morgan fingerprint density at radius 2 is 1.04 bits per heavy atom. The fourth-order valence-corrected chi connectivity index (χ4v) is 12.5. The minimum absolute atomic E-state index is 0.849. The molecule has 0 radical (unpaired) electrons. The average Bonchev–Trinajstić information content (AvgIpc) is 2.73. The van der Waals surface area contributed by atoms with E-state index in [0.717, 1.165) is 25.4 Å². The van der Waals surface area contributed by atoms with Crippen molar-refractivity contribution in [3.05, 3.63) is 91.0 Å². The molecule has 2 heteroatoms. The molecule has 3 rings (SSSR count). The number of unbranched alkanes of at least 4 members (excludes halogenated alkanes) is 2. The van der Waals surface area contributed by atoms with Crippen LogP contribution in [0.15, 0.2) is 91.0 Å². The quantitative estimate of drug-likeness (QED) is 0.181. The zero-order valence-electron chi connectivity index (χ0n) is 14.9. The van der Waals surface area contributed by atoms with Gasteiger partial charge in [0.05, 0.1) is 0 Å². The molecule has 0 unspecified atom stereocenters. The van der Waals surface area contributed by atoms with Crippen LogP contribution in [0.2, 0.25) is 0 Å². The summed E-state index contributed by atoms with van der Waals surface area (Å²) in [5, 5.41) is 4.33. The molecule has 0 N–H and O–H groups in total. The third-order valence-corrected chi connectivity index (χ3v) is 16.8. The summed E-state index contributed by atoms with van der Waals surface area (Å²) >= 11 is 2.84. The number of halogens is 1. The SMILES string of the molecule is C#CCCCCP(I)(c1ccccc1)(c1ccccc1)c1ccccc1. The van der Waals surface area contributed by atoms with E-state index in [0.29, 0.717) is 0 Å². The van der Waals surface area contributed by atoms with Gasteiger partial charge in [-0.2, -0.15) is 0 Å². The van der Waals surface area contributed by atoms with Gasteiger partial charge in [0.2, 0.25) is 0 Å². The van der Waals surface area contributed by atoms with Crippen LogP contribution in [0.3, 0.4) is 0 Å². The third-order valence-electron chi connectivity index (χ3n) is 5.03. The van der Waals surface area contributed by atoms with Gasteiger partial charge in [0.1, 0.15) is 0 Å². The second kappa shape index (κ2) is 8.38. The molecule has 0 aromatic heterocycles. The van der Waals surface area contributed by atoms with E-state index in [-0.39, 0.29) is 0 Å². The van der Waals surface area contributed by atoms with E-state index in [9.17, 15) is 0 Å². The number of hydrogen-bond acceptors (Lipinski definition) is 0. The van der Waals surface area contributed by atoms with Crippen molar-refractivity contribution < 1.29 is 0 Å². The van der Waals surface area contributed by atoms with Crippen molar-refractivity contribution in [1.29, 1.82) is 0 Å². The summed E-state index contributed by atoms with van der Waals surface area (Å²) in [7, 11) is 0. The van der Waals surface area contributed by atoms with Gasteiger partial charge in [-0.15, -0.1) is 0 Å². The number of rotatable bonds is 7. The number of benzene rings is 3. The fourth-order valence-electron chi connectivity index (χ4n) is 3.69. The average molecular weight is 470 g/mol. The van der Waals surface area contributed by atoms with Gasteiger partial charge in [-0.05, 0) is 0 Å². The maximum atomic E-state index is 5.50. The first kappa shape index (κ1) is 19.2. The molecule has 0 saturated carbocycles. The Bertz CT molecular complexity index is 767.